The summed E-state index contributed by atoms with van der Waals surface area (Å²) < 4.78 is 6.21. The summed E-state index contributed by atoms with van der Waals surface area (Å²) in [5.74, 6) is 1.48. The van der Waals surface area contributed by atoms with E-state index in [4.69, 9.17) is 4.99 Å². The van der Waals surface area contributed by atoms with Gasteiger partial charge in [0, 0.05) is 48.8 Å². The van der Waals surface area contributed by atoms with E-state index in [-0.39, 0.29) is 6.17 Å². The van der Waals surface area contributed by atoms with Gasteiger partial charge in [0.2, 0.25) is 0 Å². The molecule has 0 fully saturated rings. The van der Waals surface area contributed by atoms with Crippen LogP contribution in [-0.2, 0) is 6.42 Å². The third-order valence-corrected chi connectivity index (χ3v) is 12.1. The van der Waals surface area contributed by atoms with Crippen LogP contribution in [0.4, 0.5) is 5.00 Å². The van der Waals surface area contributed by atoms with Crippen LogP contribution in [0.2, 0.25) is 0 Å². The van der Waals surface area contributed by atoms with Crippen molar-refractivity contribution >= 4 is 81.8 Å². The van der Waals surface area contributed by atoms with Crippen LogP contribution in [0.25, 0.3) is 65.3 Å². The van der Waals surface area contributed by atoms with Crippen LogP contribution in [0.1, 0.15) is 41.9 Å². The first-order valence-electron chi connectivity index (χ1n) is 17.9. The summed E-state index contributed by atoms with van der Waals surface area (Å²) >= 11 is 1.79. The molecule has 2 aliphatic rings. The molecular weight excluding hydrogens is 641 g/mol. The van der Waals surface area contributed by atoms with Gasteiger partial charge in [0.05, 0.1) is 16.6 Å². The van der Waals surface area contributed by atoms with E-state index in [1.54, 1.807) is 11.3 Å². The van der Waals surface area contributed by atoms with E-state index in [1.165, 1.54) is 70.4 Å². The minimum Gasteiger partial charge on any atom is -0.345 e. The summed E-state index contributed by atoms with van der Waals surface area (Å²) in [6.07, 6.45) is 6.76. The zero-order valence-electron chi connectivity index (χ0n) is 28.2. The molecular formula is C46H34N4S. The van der Waals surface area contributed by atoms with Crippen molar-refractivity contribution in [2.75, 3.05) is 0 Å². The summed E-state index contributed by atoms with van der Waals surface area (Å²) in [6.45, 7) is 2.38. The molecule has 244 valence electrons. The number of nitrogens with zero attached hydrogens (tertiary/aromatic N) is 3. The first-order chi connectivity index (χ1) is 25.2. The van der Waals surface area contributed by atoms with E-state index in [9.17, 15) is 0 Å². The summed E-state index contributed by atoms with van der Waals surface area (Å²) in [4.78, 5) is 5.42. The van der Waals surface area contributed by atoms with Crippen molar-refractivity contribution < 1.29 is 0 Å². The van der Waals surface area contributed by atoms with Crippen LogP contribution < -0.4 is 5.32 Å². The van der Waals surface area contributed by atoms with E-state index >= 15 is 0 Å². The molecule has 1 aliphatic carbocycles. The molecule has 4 nitrogen and oxygen atoms in total. The van der Waals surface area contributed by atoms with Crippen molar-refractivity contribution in [2.45, 2.75) is 25.9 Å². The van der Waals surface area contributed by atoms with Gasteiger partial charge in [-0.15, -0.1) is 11.3 Å². The van der Waals surface area contributed by atoms with Gasteiger partial charge in [0.25, 0.3) is 0 Å². The van der Waals surface area contributed by atoms with Crippen molar-refractivity contribution in [1.82, 2.24) is 14.5 Å². The Hall–Kier alpha value is -5.91. The number of allylic oxidation sites excluding steroid dienone is 1. The van der Waals surface area contributed by atoms with Crippen molar-refractivity contribution in [3.8, 4) is 5.69 Å². The average Bonchev–Trinajstić information content (AvgIpc) is 3.76. The number of aromatic nitrogens is 2. The minimum absolute atomic E-state index is 0.143. The van der Waals surface area contributed by atoms with Gasteiger partial charge in [-0.25, -0.2) is 4.99 Å². The van der Waals surface area contributed by atoms with Crippen LogP contribution >= 0.6 is 11.3 Å². The molecule has 2 unspecified atom stereocenters. The lowest BCUT2D eigenvalue weighted by atomic mass is 9.97. The topological polar surface area (TPSA) is 34.2 Å². The number of rotatable bonds is 3. The normalized spacial score (nSPS) is 17.2. The molecule has 0 radical (unpaired) electrons. The number of thiophene rings is 1. The van der Waals surface area contributed by atoms with Crippen molar-refractivity contribution in [3.05, 3.63) is 162 Å². The summed E-state index contributed by atoms with van der Waals surface area (Å²) in [5.41, 5.74) is 9.89. The zero-order valence-corrected chi connectivity index (χ0v) is 29.0. The van der Waals surface area contributed by atoms with Gasteiger partial charge < -0.3 is 14.5 Å². The Morgan fingerprint density at radius 1 is 0.686 bits per heavy atom. The molecule has 0 saturated carbocycles. The van der Waals surface area contributed by atoms with E-state index in [2.05, 4.69) is 167 Å². The predicted octanol–water partition coefficient (Wildman–Crippen LogP) is 11.9. The molecule has 6 aromatic carbocycles. The molecule has 11 rings (SSSR count). The Kier molecular flexibility index (Phi) is 6.26. The van der Waals surface area contributed by atoms with Crippen molar-refractivity contribution in [1.29, 1.82) is 0 Å². The molecule has 1 N–H and O–H groups in total. The Morgan fingerprint density at radius 3 is 2.31 bits per heavy atom. The van der Waals surface area contributed by atoms with Gasteiger partial charge in [-0.1, -0.05) is 91.9 Å². The molecule has 3 aromatic heterocycles. The third kappa shape index (κ3) is 4.34. The SMILES string of the molecule is CC1CC=Cc2c(c3cc4ccccc4cc3n2C2NC(c3ccc4c(c3)c3ccccc3n4-c3ccccc3)=Nc3sc4ccccc4c32)C1. The predicted molar refractivity (Wildman–Crippen MR) is 216 cm³/mol. The Bertz CT molecular complexity index is 2920. The van der Waals surface area contributed by atoms with E-state index < -0.39 is 0 Å². The molecule has 0 spiro atoms. The first-order valence-corrected chi connectivity index (χ1v) is 18.7. The average molecular weight is 675 g/mol. The minimum atomic E-state index is -0.143. The Balaban J connectivity index is 1.16. The number of hydrogen-bond donors (Lipinski definition) is 1. The number of amidine groups is 1. The monoisotopic (exact) mass is 674 g/mol. The second-order valence-corrected chi connectivity index (χ2v) is 15.2. The molecule has 51 heavy (non-hydrogen) atoms. The lowest BCUT2D eigenvalue weighted by Crippen LogP contribution is -2.36. The van der Waals surface area contributed by atoms with E-state index in [1.807, 2.05) is 0 Å². The second-order valence-electron chi connectivity index (χ2n) is 14.1. The first kappa shape index (κ1) is 28.9. The lowest BCUT2D eigenvalue weighted by molar-refractivity contribution is 0.560. The fourth-order valence-corrected chi connectivity index (χ4v) is 9.76. The number of hydrogen-bond acceptors (Lipinski definition) is 3. The molecule has 0 saturated heterocycles. The maximum Gasteiger partial charge on any atom is 0.136 e. The standard InChI is InChI=1S/C46H34N4S/c1-28-12-11-20-39-35(24-28)37-25-29-13-5-6-14-30(29)27-41(37)50(39)45-43-34-18-8-10-21-42(34)51-46(43)48-44(47-45)31-22-23-40-36(26-31)33-17-7-9-19-38(33)49(40)32-15-3-2-4-16-32/h2-11,13-23,25-28,45H,12,24H2,1H3,(H,47,48). The van der Waals surface area contributed by atoms with Crippen LogP contribution in [0.5, 0.6) is 0 Å². The van der Waals surface area contributed by atoms with Crippen LogP contribution in [0, 0.1) is 5.92 Å². The highest BCUT2D eigenvalue weighted by molar-refractivity contribution is 7.22. The smallest absolute Gasteiger partial charge is 0.136 e. The van der Waals surface area contributed by atoms with Crippen molar-refractivity contribution in [3.63, 3.8) is 0 Å². The highest BCUT2D eigenvalue weighted by atomic mass is 32.1. The largest absolute Gasteiger partial charge is 0.345 e. The summed E-state index contributed by atoms with van der Waals surface area (Å²) in [6, 6.07) is 48.6. The van der Waals surface area contributed by atoms with Gasteiger partial charge in [-0.3, -0.25) is 0 Å². The number of para-hydroxylation sites is 2. The fraction of sp³-hybridized carbons (Fsp3) is 0.109. The van der Waals surface area contributed by atoms with E-state index in [0.717, 1.165) is 34.9 Å². The zero-order chi connectivity index (χ0) is 33.6. The highest BCUT2D eigenvalue weighted by Gasteiger charge is 2.33. The Morgan fingerprint density at radius 2 is 1.43 bits per heavy atom. The second kappa shape index (κ2) is 11.0. The number of aliphatic imine (C=N–C) groups is 1. The molecule has 0 amide bonds. The van der Waals surface area contributed by atoms with Crippen LogP contribution in [0.15, 0.2) is 145 Å². The number of fused-ring (bicyclic) bond motifs is 10. The quantitative estimate of drug-likeness (QED) is 0.199. The number of nitrogens with one attached hydrogen (secondary N) is 1. The highest BCUT2D eigenvalue weighted by Crippen LogP contribution is 2.47. The molecule has 5 heteroatoms. The summed E-state index contributed by atoms with van der Waals surface area (Å²) in [5, 5.41) is 12.8. The molecule has 1 aliphatic heterocycles. The maximum atomic E-state index is 5.42. The summed E-state index contributed by atoms with van der Waals surface area (Å²) in [7, 11) is 0. The van der Waals surface area contributed by atoms with Crippen LogP contribution in [-0.4, -0.2) is 15.0 Å². The third-order valence-electron chi connectivity index (χ3n) is 11.0. The van der Waals surface area contributed by atoms with Gasteiger partial charge in [0.1, 0.15) is 17.0 Å². The Labute approximate surface area is 299 Å². The molecule has 0 bridgehead atoms. The lowest BCUT2D eigenvalue weighted by Gasteiger charge is -2.29. The van der Waals surface area contributed by atoms with Crippen LogP contribution in [0.3, 0.4) is 0 Å². The maximum absolute atomic E-state index is 5.42. The molecule has 9 aromatic rings. The van der Waals surface area contributed by atoms with Gasteiger partial charge >= 0.3 is 0 Å². The fourth-order valence-electron chi connectivity index (χ4n) is 8.65. The van der Waals surface area contributed by atoms with Crippen molar-refractivity contribution in [2.24, 2.45) is 10.9 Å². The van der Waals surface area contributed by atoms with Gasteiger partial charge in [-0.05, 0) is 95.8 Å². The van der Waals surface area contributed by atoms with Gasteiger partial charge in [0.15, 0.2) is 0 Å². The van der Waals surface area contributed by atoms with Gasteiger partial charge in [-0.2, -0.15) is 0 Å². The van der Waals surface area contributed by atoms with E-state index in [0.29, 0.717) is 5.92 Å². The number of benzene rings is 6. The molecule has 4 heterocycles. The molecule has 2 atom stereocenters.